The lowest BCUT2D eigenvalue weighted by Gasteiger charge is -2.54. The van der Waals surface area contributed by atoms with Crippen molar-refractivity contribution in [2.45, 2.75) is 46.2 Å². The van der Waals surface area contributed by atoms with Crippen molar-refractivity contribution in [2.75, 3.05) is 29.5 Å². The Morgan fingerprint density at radius 3 is 2.66 bits per heavy atom. The van der Waals surface area contributed by atoms with Gasteiger partial charge in [0.2, 0.25) is 9.04 Å². The first kappa shape index (κ1) is 22.6. The lowest BCUT2D eigenvalue weighted by atomic mass is 9.74. The molecule has 0 N–H and O–H groups in total. The summed E-state index contributed by atoms with van der Waals surface area (Å²) in [5, 5.41) is 3.66. The first-order chi connectivity index (χ1) is 15.1. The summed E-state index contributed by atoms with van der Waals surface area (Å²) in [5.41, 5.74) is 0.999. The minimum atomic E-state index is -0.950. The van der Waals surface area contributed by atoms with E-state index >= 15 is 4.39 Å². The number of cyclic esters (lactones) is 1. The molecule has 32 heavy (non-hydrogen) atoms. The van der Waals surface area contributed by atoms with Crippen LogP contribution in [0.1, 0.15) is 20.8 Å². The number of hydrogen-bond donors (Lipinski definition) is 0. The third-order valence-electron chi connectivity index (χ3n) is 5.77. The molecule has 1 aromatic heterocycles. The van der Waals surface area contributed by atoms with Gasteiger partial charge < -0.3 is 23.3 Å². The zero-order valence-corrected chi connectivity index (χ0v) is 20.0. The van der Waals surface area contributed by atoms with Gasteiger partial charge in [0.25, 0.3) is 5.88 Å². The van der Waals surface area contributed by atoms with Crippen molar-refractivity contribution in [2.24, 2.45) is 11.3 Å². The number of carbonyl (C=O) groups excluding carboxylic acids is 1. The zero-order chi connectivity index (χ0) is 23.0. The van der Waals surface area contributed by atoms with Crippen LogP contribution in [-0.4, -0.2) is 52.3 Å². The number of rotatable bonds is 7. The molecule has 1 amide bonds. The number of anilines is 2. The van der Waals surface area contributed by atoms with Gasteiger partial charge in [-0.15, -0.1) is 0 Å². The Hall–Kier alpha value is -2.59. The van der Waals surface area contributed by atoms with Gasteiger partial charge in [-0.2, -0.15) is 0 Å². The molecule has 3 atom stereocenters. The van der Waals surface area contributed by atoms with E-state index in [4.69, 9.17) is 18.4 Å². The highest BCUT2D eigenvalue weighted by Crippen LogP contribution is 2.43. The van der Waals surface area contributed by atoms with E-state index in [0.29, 0.717) is 23.2 Å². The zero-order valence-electron chi connectivity index (χ0n) is 19.0. The van der Waals surface area contributed by atoms with Crippen LogP contribution in [0.15, 0.2) is 35.1 Å². The summed E-state index contributed by atoms with van der Waals surface area (Å²) >= 11 is 0. The molecule has 8 nitrogen and oxygen atoms in total. The van der Waals surface area contributed by atoms with E-state index in [9.17, 15) is 4.79 Å². The van der Waals surface area contributed by atoms with Gasteiger partial charge in [0.1, 0.15) is 24.9 Å². The van der Waals surface area contributed by atoms with Crippen LogP contribution in [-0.2, 0) is 9.16 Å². The molecule has 0 spiro atoms. The second kappa shape index (κ2) is 8.74. The second-order valence-electron chi connectivity index (χ2n) is 9.44. The van der Waals surface area contributed by atoms with E-state index in [1.165, 1.54) is 17.2 Å². The molecule has 173 valence electrons. The molecule has 0 aliphatic carbocycles. The number of nitrogens with zero attached hydrogens (tertiary/aromatic N) is 3. The largest absolute Gasteiger partial charge is 0.471 e. The Labute approximate surface area is 188 Å². The molecule has 0 bridgehead atoms. The standard InChI is InChI=1S/C22H29FN3O5Si/c1-22(2,3)16-12-26(20(16)31-32(4)5)18-7-6-14(10-17(18)23)25-11-15(30-21(25)27)13-28-19-8-9-29-24-19/h6-10,15-16,20H,11-13H2,1-5H3/t15-,16?,20?/m1/s1. The van der Waals surface area contributed by atoms with E-state index in [1.807, 2.05) is 4.90 Å². The smallest absolute Gasteiger partial charge is 0.414 e. The lowest BCUT2D eigenvalue weighted by Crippen LogP contribution is -2.63. The van der Waals surface area contributed by atoms with Crippen molar-refractivity contribution in [3.05, 3.63) is 36.3 Å². The highest BCUT2D eigenvalue weighted by molar-refractivity contribution is 6.48. The van der Waals surface area contributed by atoms with Crippen molar-refractivity contribution in [3.8, 4) is 5.88 Å². The quantitative estimate of drug-likeness (QED) is 0.568. The Bertz CT molecular complexity index is 950. The van der Waals surface area contributed by atoms with Crippen molar-refractivity contribution in [1.29, 1.82) is 0 Å². The van der Waals surface area contributed by atoms with Crippen LogP contribution in [0, 0.1) is 17.2 Å². The number of hydrogen-bond acceptors (Lipinski definition) is 7. The molecular weight excluding hydrogens is 433 g/mol. The average molecular weight is 463 g/mol. The molecule has 2 saturated heterocycles. The first-order valence-electron chi connectivity index (χ1n) is 10.7. The lowest BCUT2D eigenvalue weighted by molar-refractivity contribution is 0.00256. The van der Waals surface area contributed by atoms with Crippen molar-refractivity contribution in [1.82, 2.24) is 5.16 Å². The first-order valence-corrected chi connectivity index (χ1v) is 13.1. The molecule has 0 saturated carbocycles. The maximum atomic E-state index is 15.2. The number of amides is 1. The average Bonchev–Trinajstić information content (AvgIpc) is 3.33. The summed E-state index contributed by atoms with van der Waals surface area (Å²) in [7, 11) is -0.950. The van der Waals surface area contributed by atoms with Crippen LogP contribution in [0.2, 0.25) is 13.1 Å². The Balaban J connectivity index is 1.44. The van der Waals surface area contributed by atoms with Gasteiger partial charge in [-0.3, -0.25) is 4.90 Å². The third kappa shape index (κ3) is 4.61. The molecule has 2 aromatic rings. The monoisotopic (exact) mass is 462 g/mol. The second-order valence-corrected chi connectivity index (χ2v) is 11.5. The Morgan fingerprint density at radius 2 is 2.03 bits per heavy atom. The van der Waals surface area contributed by atoms with Crippen LogP contribution in [0.3, 0.4) is 0 Å². The van der Waals surface area contributed by atoms with Gasteiger partial charge in [-0.1, -0.05) is 20.8 Å². The summed E-state index contributed by atoms with van der Waals surface area (Å²) in [4.78, 5) is 15.7. The van der Waals surface area contributed by atoms with Gasteiger partial charge in [-0.25, -0.2) is 9.18 Å². The summed E-state index contributed by atoms with van der Waals surface area (Å²) in [5.74, 6) is 0.249. The fourth-order valence-corrected chi connectivity index (χ4v) is 4.75. The number of ether oxygens (including phenoxy) is 2. The van der Waals surface area contributed by atoms with E-state index in [2.05, 4.69) is 39.0 Å². The Morgan fingerprint density at radius 1 is 1.25 bits per heavy atom. The minimum Gasteiger partial charge on any atom is -0.471 e. The summed E-state index contributed by atoms with van der Waals surface area (Å²) in [6, 6.07) is 6.40. The number of aromatic nitrogens is 1. The van der Waals surface area contributed by atoms with E-state index in [-0.39, 0.29) is 30.6 Å². The number of carbonyl (C=O) groups is 1. The molecule has 2 fully saturated rings. The molecule has 2 aliphatic heterocycles. The fourth-order valence-electron chi connectivity index (χ4n) is 3.98. The van der Waals surface area contributed by atoms with Gasteiger partial charge in [0.05, 0.1) is 17.9 Å². The van der Waals surface area contributed by atoms with Crippen LogP contribution >= 0.6 is 0 Å². The summed E-state index contributed by atoms with van der Waals surface area (Å²) in [6.45, 7) is 11.8. The maximum Gasteiger partial charge on any atom is 0.414 e. The van der Waals surface area contributed by atoms with E-state index in [0.717, 1.165) is 6.54 Å². The van der Waals surface area contributed by atoms with Crippen molar-refractivity contribution < 1.29 is 27.6 Å². The molecule has 3 heterocycles. The predicted molar refractivity (Wildman–Crippen MR) is 119 cm³/mol. The van der Waals surface area contributed by atoms with Crippen LogP contribution in [0.4, 0.5) is 20.6 Å². The number of halogens is 1. The summed E-state index contributed by atoms with van der Waals surface area (Å²) in [6.07, 6.45) is 0.228. The van der Waals surface area contributed by atoms with Crippen LogP contribution in [0.25, 0.3) is 0 Å². The molecular formula is C22H29FN3O5Si. The minimum absolute atomic E-state index is 0.0667. The van der Waals surface area contributed by atoms with Crippen molar-refractivity contribution in [3.63, 3.8) is 0 Å². The SMILES string of the molecule is C[Si](C)OC1C(C(C)(C)C)CN1c1ccc(N2C[C@H](COc3ccon3)OC2=O)cc1F. The van der Waals surface area contributed by atoms with Gasteiger partial charge in [0.15, 0.2) is 6.10 Å². The summed E-state index contributed by atoms with van der Waals surface area (Å²) < 4.78 is 36.9. The van der Waals surface area contributed by atoms with E-state index < -0.39 is 21.2 Å². The van der Waals surface area contributed by atoms with E-state index in [1.54, 1.807) is 18.2 Å². The maximum absolute atomic E-state index is 15.2. The topological polar surface area (TPSA) is 77.3 Å². The molecule has 1 aromatic carbocycles. The van der Waals surface area contributed by atoms with Crippen LogP contribution < -0.4 is 14.5 Å². The van der Waals surface area contributed by atoms with Crippen molar-refractivity contribution >= 4 is 26.5 Å². The highest BCUT2D eigenvalue weighted by Gasteiger charge is 2.47. The van der Waals surface area contributed by atoms with Crippen LogP contribution in [0.5, 0.6) is 5.88 Å². The predicted octanol–water partition coefficient (Wildman–Crippen LogP) is 4.29. The molecule has 2 unspecified atom stereocenters. The highest BCUT2D eigenvalue weighted by atomic mass is 28.3. The third-order valence-corrected chi connectivity index (χ3v) is 6.48. The fraction of sp³-hybridized carbons (Fsp3) is 0.545. The van der Waals surface area contributed by atoms with Gasteiger partial charge >= 0.3 is 6.09 Å². The molecule has 10 heteroatoms. The Kier molecular flexibility index (Phi) is 6.17. The van der Waals surface area contributed by atoms with Gasteiger partial charge in [0, 0.05) is 18.5 Å². The molecule has 2 aliphatic rings. The number of benzene rings is 1. The molecule has 4 rings (SSSR count). The van der Waals surface area contributed by atoms with Gasteiger partial charge in [-0.05, 0) is 41.9 Å². The molecule has 1 radical (unpaired) electrons. The normalized spacial score (nSPS) is 23.5.